The Hall–Kier alpha value is -3.30. The van der Waals surface area contributed by atoms with Crippen molar-refractivity contribution < 1.29 is 9.59 Å². The lowest BCUT2D eigenvalue weighted by molar-refractivity contribution is -0.122. The van der Waals surface area contributed by atoms with Crippen molar-refractivity contribution in [2.24, 2.45) is 0 Å². The van der Waals surface area contributed by atoms with Crippen LogP contribution in [-0.2, 0) is 9.59 Å². The molecule has 0 unspecified atom stereocenters. The molecule has 146 valence electrons. The van der Waals surface area contributed by atoms with Gasteiger partial charge in [-0.05, 0) is 68.0 Å². The summed E-state index contributed by atoms with van der Waals surface area (Å²) >= 11 is 11.1. The molecule has 1 N–H and O–H groups in total. The average molecular weight is 427 g/mol. The van der Waals surface area contributed by atoms with Crippen LogP contribution < -0.4 is 10.2 Å². The maximum atomic E-state index is 13.1. The van der Waals surface area contributed by atoms with Crippen LogP contribution in [0.3, 0.4) is 0 Å². The van der Waals surface area contributed by atoms with Crippen molar-refractivity contribution in [1.82, 2.24) is 24.9 Å². The number of anilines is 1. The number of amides is 2. The van der Waals surface area contributed by atoms with E-state index in [9.17, 15) is 9.59 Å². The fraction of sp³-hybridized carbons (Fsp3) is 0.105. The lowest BCUT2D eigenvalue weighted by Crippen LogP contribution is -2.54. The van der Waals surface area contributed by atoms with Gasteiger partial charge in [0.25, 0.3) is 11.8 Å². The minimum absolute atomic E-state index is 0.0162. The minimum atomic E-state index is -0.542. The van der Waals surface area contributed by atoms with Crippen LogP contribution in [0, 0.1) is 13.8 Å². The molecule has 3 heterocycles. The summed E-state index contributed by atoms with van der Waals surface area (Å²) in [7, 11) is 0. The first-order valence-electron chi connectivity index (χ1n) is 8.58. The van der Waals surface area contributed by atoms with Gasteiger partial charge in [0.1, 0.15) is 18.2 Å². The summed E-state index contributed by atoms with van der Waals surface area (Å²) in [6.07, 6.45) is 4.69. The molecule has 2 amide bonds. The van der Waals surface area contributed by atoms with Crippen molar-refractivity contribution in [2.75, 3.05) is 4.90 Å². The average Bonchev–Trinajstić information content (AvgIpc) is 3.28. The molecule has 29 heavy (non-hydrogen) atoms. The van der Waals surface area contributed by atoms with E-state index in [0.29, 0.717) is 10.7 Å². The van der Waals surface area contributed by atoms with E-state index in [1.165, 1.54) is 4.90 Å². The first-order valence-corrected chi connectivity index (χ1v) is 9.36. The Morgan fingerprint density at radius 2 is 1.76 bits per heavy atom. The number of carbonyl (C=O) groups excluding carboxylic acids is 2. The second kappa shape index (κ2) is 7.26. The fourth-order valence-corrected chi connectivity index (χ4v) is 3.62. The van der Waals surface area contributed by atoms with Gasteiger partial charge in [-0.1, -0.05) is 11.6 Å². The Morgan fingerprint density at radius 3 is 2.41 bits per heavy atom. The summed E-state index contributed by atoms with van der Waals surface area (Å²) in [5, 5.41) is 10.8. The number of aromatic nitrogens is 4. The van der Waals surface area contributed by atoms with E-state index in [-0.39, 0.29) is 10.7 Å². The Labute approximate surface area is 176 Å². The number of hydrogen-bond donors (Lipinski definition) is 1. The lowest BCUT2D eigenvalue weighted by Gasteiger charge is -2.28. The third-order valence-corrected chi connectivity index (χ3v) is 5.09. The number of hydrogen-bond acceptors (Lipinski definition) is 5. The molecule has 0 atom stereocenters. The first-order chi connectivity index (χ1) is 13.9. The molecule has 0 radical (unpaired) electrons. The fourth-order valence-electron chi connectivity index (χ4n) is 3.22. The highest BCUT2D eigenvalue weighted by Gasteiger charge is 2.34. The molecular weight excluding hydrogens is 412 g/mol. The molecule has 1 saturated heterocycles. The smallest absolute Gasteiger partial charge is 0.270 e. The van der Waals surface area contributed by atoms with E-state index in [0.717, 1.165) is 17.0 Å². The van der Waals surface area contributed by atoms with Crippen LogP contribution in [0.15, 0.2) is 48.6 Å². The van der Waals surface area contributed by atoms with Crippen molar-refractivity contribution >= 4 is 52.5 Å². The van der Waals surface area contributed by atoms with Gasteiger partial charge in [0.15, 0.2) is 5.11 Å². The Morgan fingerprint density at radius 1 is 1.10 bits per heavy atom. The number of benzene rings is 1. The number of nitrogens with zero attached hydrogens (tertiary/aromatic N) is 5. The van der Waals surface area contributed by atoms with Crippen LogP contribution in [0.4, 0.5) is 5.69 Å². The van der Waals surface area contributed by atoms with Gasteiger partial charge in [-0.25, -0.2) is 4.68 Å². The second-order valence-electron chi connectivity index (χ2n) is 6.41. The van der Waals surface area contributed by atoms with Gasteiger partial charge in [0.2, 0.25) is 0 Å². The molecule has 1 aromatic carbocycles. The van der Waals surface area contributed by atoms with Gasteiger partial charge in [-0.15, -0.1) is 10.2 Å². The standard InChI is InChI=1S/C19H15ClN6O2S/c1-11-7-13(12(2)26(11)24-9-21-22-10-24)8-16-17(27)23-19(29)25(18(16)28)15-5-3-14(20)4-6-15/h3-10H,1-2H3,(H,23,27,29)/b16-8+. The number of aryl methyl sites for hydroxylation is 1. The zero-order valence-electron chi connectivity index (χ0n) is 15.5. The van der Waals surface area contributed by atoms with E-state index < -0.39 is 11.8 Å². The summed E-state index contributed by atoms with van der Waals surface area (Å²) in [5.41, 5.74) is 2.94. The molecule has 0 bridgehead atoms. The van der Waals surface area contributed by atoms with Crippen LogP contribution in [0.25, 0.3) is 6.08 Å². The maximum Gasteiger partial charge on any atom is 0.270 e. The van der Waals surface area contributed by atoms with Crippen molar-refractivity contribution in [3.63, 3.8) is 0 Å². The summed E-state index contributed by atoms with van der Waals surface area (Å²) in [6, 6.07) is 8.51. The summed E-state index contributed by atoms with van der Waals surface area (Å²) < 4.78 is 3.59. The molecule has 1 fully saturated rings. The van der Waals surface area contributed by atoms with Gasteiger partial charge in [0.05, 0.1) is 5.69 Å². The highest BCUT2D eigenvalue weighted by Crippen LogP contribution is 2.25. The summed E-state index contributed by atoms with van der Waals surface area (Å²) in [6.45, 7) is 3.79. The lowest BCUT2D eigenvalue weighted by atomic mass is 10.1. The molecule has 8 nitrogen and oxygen atoms in total. The molecule has 2 aromatic heterocycles. The third-order valence-electron chi connectivity index (χ3n) is 4.56. The number of rotatable bonds is 3. The highest BCUT2D eigenvalue weighted by molar-refractivity contribution is 7.80. The zero-order valence-corrected chi connectivity index (χ0v) is 17.0. The van der Waals surface area contributed by atoms with E-state index in [4.69, 9.17) is 23.8 Å². The molecule has 0 saturated carbocycles. The quantitative estimate of drug-likeness (QED) is 0.395. The molecular formula is C19H15ClN6O2S. The number of thiocarbonyl (C=S) groups is 1. The third kappa shape index (κ3) is 3.34. The van der Waals surface area contributed by atoms with Crippen molar-refractivity contribution in [3.05, 3.63) is 70.5 Å². The van der Waals surface area contributed by atoms with Gasteiger partial charge in [0, 0.05) is 16.4 Å². The van der Waals surface area contributed by atoms with Crippen LogP contribution in [0.2, 0.25) is 5.02 Å². The van der Waals surface area contributed by atoms with Crippen molar-refractivity contribution in [1.29, 1.82) is 0 Å². The topological polar surface area (TPSA) is 85.0 Å². The Bertz CT molecular complexity index is 1160. The van der Waals surface area contributed by atoms with E-state index in [1.54, 1.807) is 47.7 Å². The zero-order chi connectivity index (χ0) is 20.7. The normalized spacial score (nSPS) is 15.9. The van der Waals surface area contributed by atoms with E-state index in [2.05, 4.69) is 15.5 Å². The van der Waals surface area contributed by atoms with Crippen LogP contribution in [0.5, 0.6) is 0 Å². The molecule has 4 rings (SSSR count). The monoisotopic (exact) mass is 426 g/mol. The number of nitrogens with one attached hydrogen (secondary N) is 1. The van der Waals surface area contributed by atoms with E-state index in [1.807, 2.05) is 24.6 Å². The van der Waals surface area contributed by atoms with E-state index >= 15 is 0 Å². The number of carbonyl (C=O) groups is 2. The molecule has 0 aliphatic carbocycles. The SMILES string of the molecule is Cc1cc(/C=C2\C(=O)NC(=S)N(c3ccc(Cl)cc3)C2=O)c(C)n1-n1cnnc1. The molecule has 3 aromatic rings. The predicted molar refractivity (Wildman–Crippen MR) is 112 cm³/mol. The summed E-state index contributed by atoms with van der Waals surface area (Å²) in [4.78, 5) is 26.9. The molecule has 0 spiro atoms. The highest BCUT2D eigenvalue weighted by atomic mass is 35.5. The Kier molecular flexibility index (Phi) is 4.77. The first kappa shape index (κ1) is 19.0. The Balaban J connectivity index is 1.76. The van der Waals surface area contributed by atoms with Gasteiger partial charge >= 0.3 is 0 Å². The minimum Gasteiger partial charge on any atom is -0.298 e. The summed E-state index contributed by atoms with van der Waals surface area (Å²) in [5.74, 6) is -1.05. The second-order valence-corrected chi connectivity index (χ2v) is 7.24. The van der Waals surface area contributed by atoms with Gasteiger partial charge in [-0.2, -0.15) is 0 Å². The van der Waals surface area contributed by atoms with Gasteiger partial charge < -0.3 is 0 Å². The van der Waals surface area contributed by atoms with Crippen molar-refractivity contribution in [3.8, 4) is 0 Å². The number of halogens is 1. The van der Waals surface area contributed by atoms with Crippen molar-refractivity contribution in [2.45, 2.75) is 13.8 Å². The van der Waals surface area contributed by atoms with Crippen LogP contribution in [-0.4, -0.2) is 36.5 Å². The predicted octanol–water partition coefficient (Wildman–Crippen LogP) is 2.49. The molecule has 1 aliphatic rings. The van der Waals surface area contributed by atoms with Gasteiger partial charge in [-0.3, -0.25) is 24.5 Å². The van der Waals surface area contributed by atoms with Crippen LogP contribution >= 0.6 is 23.8 Å². The maximum absolute atomic E-state index is 13.1. The molecule has 10 heteroatoms. The molecule has 1 aliphatic heterocycles. The largest absolute Gasteiger partial charge is 0.298 e. The van der Waals surface area contributed by atoms with Crippen LogP contribution in [0.1, 0.15) is 17.0 Å².